The molecule has 0 aliphatic carbocycles. The number of aromatic amines is 1. The van der Waals surface area contributed by atoms with Crippen molar-refractivity contribution in [3.63, 3.8) is 0 Å². The summed E-state index contributed by atoms with van der Waals surface area (Å²) >= 11 is 0. The average Bonchev–Trinajstić information content (AvgIpc) is 2.79. The van der Waals surface area contributed by atoms with Crippen molar-refractivity contribution in [1.82, 2.24) is 20.6 Å². The minimum atomic E-state index is -0.273. The van der Waals surface area contributed by atoms with Crippen LogP contribution < -0.4 is 10.6 Å². The number of nitrogens with one attached hydrogen (secondary N) is 3. The molecule has 0 radical (unpaired) electrons. The molecule has 0 bridgehead atoms. The van der Waals surface area contributed by atoms with E-state index in [0.29, 0.717) is 6.54 Å². The van der Waals surface area contributed by atoms with E-state index in [4.69, 9.17) is 0 Å². The van der Waals surface area contributed by atoms with Gasteiger partial charge in [0.15, 0.2) is 0 Å². The largest absolute Gasteiger partial charge is 0.348 e. The average molecular weight is 295 g/mol. The molecule has 0 aromatic carbocycles. The first-order valence-electron chi connectivity index (χ1n) is 5.68. The Balaban J connectivity index is 0.00000144. The third-order valence-corrected chi connectivity index (χ3v) is 3.12. The van der Waals surface area contributed by atoms with Crippen LogP contribution in [-0.4, -0.2) is 29.0 Å². The number of rotatable bonds is 3. The third kappa shape index (κ3) is 4.15. The normalized spacial score (nSPS) is 22.5. The number of amides is 1. The minimum absolute atomic E-state index is 0. The standard InChI is InChI=1S/C11H18N4O.2ClH/c1-11(3-2-4-12-8-11)10(16)15-7-9-13-5-6-14-9;;/h5-6,12H,2-4,7-8H2,1H3,(H,13,14)(H,15,16);2*1H. The van der Waals surface area contributed by atoms with Crippen LogP contribution >= 0.6 is 24.8 Å². The zero-order valence-corrected chi connectivity index (χ0v) is 12.0. The van der Waals surface area contributed by atoms with E-state index < -0.39 is 0 Å². The summed E-state index contributed by atoms with van der Waals surface area (Å²) in [4.78, 5) is 19.1. The summed E-state index contributed by atoms with van der Waals surface area (Å²) in [5.74, 6) is 0.900. The number of carbonyl (C=O) groups is 1. The van der Waals surface area contributed by atoms with Gasteiger partial charge >= 0.3 is 0 Å². The van der Waals surface area contributed by atoms with E-state index in [1.54, 1.807) is 12.4 Å². The number of nitrogens with zero attached hydrogens (tertiary/aromatic N) is 1. The molecule has 1 unspecified atom stereocenters. The van der Waals surface area contributed by atoms with Crippen molar-refractivity contribution in [2.75, 3.05) is 13.1 Å². The van der Waals surface area contributed by atoms with Gasteiger partial charge < -0.3 is 15.6 Å². The summed E-state index contributed by atoms with van der Waals surface area (Å²) in [5.41, 5.74) is -0.273. The molecule has 2 heterocycles. The van der Waals surface area contributed by atoms with Gasteiger partial charge in [0.2, 0.25) is 5.91 Å². The molecular formula is C11H20Cl2N4O. The molecule has 1 aromatic rings. The topological polar surface area (TPSA) is 69.8 Å². The van der Waals surface area contributed by atoms with Crippen LogP contribution in [0.4, 0.5) is 0 Å². The van der Waals surface area contributed by atoms with E-state index in [-0.39, 0.29) is 36.1 Å². The molecule has 2 rings (SSSR count). The van der Waals surface area contributed by atoms with Crippen molar-refractivity contribution in [2.45, 2.75) is 26.3 Å². The second kappa shape index (κ2) is 7.61. The van der Waals surface area contributed by atoms with Crippen LogP contribution in [0.25, 0.3) is 0 Å². The number of hydrogen-bond donors (Lipinski definition) is 3. The van der Waals surface area contributed by atoms with E-state index in [1.807, 2.05) is 6.92 Å². The fourth-order valence-electron chi connectivity index (χ4n) is 2.02. The Morgan fingerprint density at radius 2 is 2.33 bits per heavy atom. The Morgan fingerprint density at radius 1 is 1.56 bits per heavy atom. The lowest BCUT2D eigenvalue weighted by Gasteiger charge is -2.32. The lowest BCUT2D eigenvalue weighted by Crippen LogP contribution is -2.48. The molecule has 104 valence electrons. The van der Waals surface area contributed by atoms with Crippen LogP contribution in [0.1, 0.15) is 25.6 Å². The van der Waals surface area contributed by atoms with Gasteiger partial charge in [-0.05, 0) is 26.3 Å². The predicted octanol–water partition coefficient (Wildman–Crippen LogP) is 1.26. The molecule has 0 spiro atoms. The second-order valence-corrected chi connectivity index (χ2v) is 4.56. The van der Waals surface area contributed by atoms with Crippen LogP contribution in [0.15, 0.2) is 12.4 Å². The highest BCUT2D eigenvalue weighted by Crippen LogP contribution is 2.25. The first-order chi connectivity index (χ1) is 7.71. The fraction of sp³-hybridized carbons (Fsp3) is 0.636. The molecule has 7 heteroatoms. The molecule has 5 nitrogen and oxygen atoms in total. The molecule has 0 saturated carbocycles. The molecule has 1 aromatic heterocycles. The second-order valence-electron chi connectivity index (χ2n) is 4.56. The van der Waals surface area contributed by atoms with Gasteiger partial charge in [-0.1, -0.05) is 0 Å². The smallest absolute Gasteiger partial charge is 0.227 e. The molecule has 1 fully saturated rings. The van der Waals surface area contributed by atoms with Gasteiger partial charge in [0.05, 0.1) is 12.0 Å². The van der Waals surface area contributed by atoms with E-state index in [1.165, 1.54) is 0 Å². The van der Waals surface area contributed by atoms with Crippen molar-refractivity contribution in [3.8, 4) is 0 Å². The molecule has 1 amide bonds. The van der Waals surface area contributed by atoms with Gasteiger partial charge in [-0.2, -0.15) is 0 Å². The molecule has 1 aliphatic heterocycles. The summed E-state index contributed by atoms with van der Waals surface area (Å²) in [7, 11) is 0. The molecule has 1 aliphatic rings. The predicted molar refractivity (Wildman–Crippen MR) is 75.1 cm³/mol. The first kappa shape index (κ1) is 17.2. The van der Waals surface area contributed by atoms with E-state index in [0.717, 1.165) is 31.8 Å². The summed E-state index contributed by atoms with van der Waals surface area (Å²) in [6.45, 7) is 4.26. The Kier molecular flexibility index (Phi) is 7.28. The van der Waals surface area contributed by atoms with Gasteiger partial charge in [0.25, 0.3) is 0 Å². The van der Waals surface area contributed by atoms with Gasteiger partial charge in [0, 0.05) is 18.9 Å². The number of H-pyrrole nitrogens is 1. The lowest BCUT2D eigenvalue weighted by atomic mass is 9.82. The highest BCUT2D eigenvalue weighted by molar-refractivity contribution is 5.85. The Labute approximate surface area is 119 Å². The van der Waals surface area contributed by atoms with Gasteiger partial charge in [-0.15, -0.1) is 24.8 Å². The summed E-state index contributed by atoms with van der Waals surface area (Å²) in [6.07, 6.45) is 5.45. The fourth-order valence-corrected chi connectivity index (χ4v) is 2.02. The summed E-state index contributed by atoms with van der Waals surface area (Å²) in [6, 6.07) is 0. The van der Waals surface area contributed by atoms with Crippen LogP contribution in [0.5, 0.6) is 0 Å². The van der Waals surface area contributed by atoms with Gasteiger partial charge in [0.1, 0.15) is 5.82 Å². The maximum atomic E-state index is 12.0. The number of imidazole rings is 1. The molecule has 18 heavy (non-hydrogen) atoms. The van der Waals surface area contributed by atoms with E-state index >= 15 is 0 Å². The zero-order valence-electron chi connectivity index (χ0n) is 10.4. The lowest BCUT2D eigenvalue weighted by molar-refractivity contribution is -0.131. The molecule has 1 atom stereocenters. The Bertz CT molecular complexity index is 350. The number of carbonyl (C=O) groups excluding carboxylic acids is 1. The maximum Gasteiger partial charge on any atom is 0.227 e. The number of aromatic nitrogens is 2. The minimum Gasteiger partial charge on any atom is -0.348 e. The summed E-state index contributed by atoms with van der Waals surface area (Å²) < 4.78 is 0. The molecule has 1 saturated heterocycles. The van der Waals surface area contributed by atoms with Crippen molar-refractivity contribution < 1.29 is 4.79 Å². The van der Waals surface area contributed by atoms with E-state index in [9.17, 15) is 4.79 Å². The SMILES string of the molecule is CC1(C(=O)NCc2ncc[nH]2)CCCNC1.Cl.Cl. The molecular weight excluding hydrogens is 275 g/mol. The number of halogens is 2. The van der Waals surface area contributed by atoms with Gasteiger partial charge in [-0.3, -0.25) is 4.79 Å². The highest BCUT2D eigenvalue weighted by atomic mass is 35.5. The van der Waals surface area contributed by atoms with Crippen LogP contribution in [0.2, 0.25) is 0 Å². The van der Waals surface area contributed by atoms with Crippen molar-refractivity contribution in [2.24, 2.45) is 5.41 Å². The Morgan fingerprint density at radius 3 is 2.89 bits per heavy atom. The Hall–Kier alpha value is -0.780. The highest BCUT2D eigenvalue weighted by Gasteiger charge is 2.34. The van der Waals surface area contributed by atoms with Crippen LogP contribution in [0.3, 0.4) is 0 Å². The monoisotopic (exact) mass is 294 g/mol. The third-order valence-electron chi connectivity index (χ3n) is 3.12. The summed E-state index contributed by atoms with van der Waals surface area (Å²) in [5, 5.41) is 6.19. The van der Waals surface area contributed by atoms with Crippen molar-refractivity contribution in [1.29, 1.82) is 0 Å². The quantitative estimate of drug-likeness (QED) is 0.786. The number of piperidine rings is 1. The number of hydrogen-bond acceptors (Lipinski definition) is 3. The van der Waals surface area contributed by atoms with E-state index in [2.05, 4.69) is 20.6 Å². The first-order valence-corrected chi connectivity index (χ1v) is 5.68. The van der Waals surface area contributed by atoms with Crippen LogP contribution in [-0.2, 0) is 11.3 Å². The zero-order chi connectivity index (χ0) is 11.4. The molecule has 3 N–H and O–H groups in total. The van der Waals surface area contributed by atoms with Crippen LogP contribution in [0, 0.1) is 5.41 Å². The van der Waals surface area contributed by atoms with Crippen molar-refractivity contribution >= 4 is 30.7 Å². The van der Waals surface area contributed by atoms with Crippen molar-refractivity contribution in [3.05, 3.63) is 18.2 Å². The van der Waals surface area contributed by atoms with Gasteiger partial charge in [-0.25, -0.2) is 4.98 Å². The maximum absolute atomic E-state index is 12.0.